The zero-order chi connectivity index (χ0) is 20.4. The molecule has 0 atom stereocenters. The third-order valence-electron chi connectivity index (χ3n) is 4.09. The number of nitrogens with zero attached hydrogens (tertiary/aromatic N) is 4. The summed E-state index contributed by atoms with van der Waals surface area (Å²) < 4.78 is 19.6. The predicted molar refractivity (Wildman–Crippen MR) is 100 cm³/mol. The lowest BCUT2D eigenvalue weighted by molar-refractivity contribution is -0.130. The Morgan fingerprint density at radius 3 is 2.69 bits per heavy atom. The van der Waals surface area contributed by atoms with E-state index in [9.17, 15) is 18.8 Å². The first-order valence-corrected chi connectivity index (χ1v) is 9.43. The third-order valence-corrected chi connectivity index (χ3v) is 4.95. The Balaban J connectivity index is 1.56. The molecular formula is C18H14FN5O4S. The molecule has 1 saturated heterocycles. The molecule has 1 aromatic carbocycles. The number of carbonyl (C=O) groups is 3. The van der Waals surface area contributed by atoms with Crippen LogP contribution < -0.4 is 5.32 Å². The number of aromatic nitrogens is 3. The van der Waals surface area contributed by atoms with Gasteiger partial charge in [-0.3, -0.25) is 9.69 Å². The van der Waals surface area contributed by atoms with Crippen LogP contribution in [0.1, 0.15) is 10.6 Å². The number of amides is 3. The maximum atomic E-state index is 13.3. The van der Waals surface area contributed by atoms with Crippen LogP contribution in [0.4, 0.5) is 9.18 Å². The number of carbonyl (C=O) groups excluding carboxylic acids is 3. The zero-order valence-corrected chi connectivity index (χ0v) is 15.7. The molecule has 0 saturated carbocycles. The average Bonchev–Trinajstić information content (AvgIpc) is 3.46. The normalized spacial score (nSPS) is 13.4. The van der Waals surface area contributed by atoms with Gasteiger partial charge in [-0.1, -0.05) is 6.07 Å². The fraction of sp³-hybridized carbons (Fsp3) is 0.167. The molecule has 3 heterocycles. The van der Waals surface area contributed by atoms with Gasteiger partial charge >= 0.3 is 12.0 Å². The van der Waals surface area contributed by atoms with Crippen LogP contribution in [-0.4, -0.2) is 57.3 Å². The van der Waals surface area contributed by atoms with Gasteiger partial charge < -0.3 is 10.1 Å². The second-order valence-corrected chi connectivity index (χ2v) is 6.93. The van der Waals surface area contributed by atoms with Gasteiger partial charge in [-0.15, -0.1) is 16.4 Å². The molecule has 4 rings (SSSR count). The van der Waals surface area contributed by atoms with E-state index in [1.54, 1.807) is 6.07 Å². The molecule has 0 bridgehead atoms. The summed E-state index contributed by atoms with van der Waals surface area (Å²) >= 11 is 1.39. The maximum Gasteiger partial charge on any atom is 0.378 e. The van der Waals surface area contributed by atoms with E-state index in [0.29, 0.717) is 18.1 Å². The lowest BCUT2D eigenvalue weighted by atomic mass is 10.3. The van der Waals surface area contributed by atoms with Gasteiger partial charge in [-0.05, 0) is 35.7 Å². The molecule has 0 radical (unpaired) electrons. The van der Waals surface area contributed by atoms with Crippen molar-refractivity contribution in [2.75, 3.05) is 19.7 Å². The van der Waals surface area contributed by atoms with E-state index in [1.165, 1.54) is 40.3 Å². The summed E-state index contributed by atoms with van der Waals surface area (Å²) in [6, 6.07) is 8.66. The number of rotatable bonds is 5. The van der Waals surface area contributed by atoms with Crippen LogP contribution in [0.15, 0.2) is 41.8 Å². The molecule has 3 aromatic rings. The van der Waals surface area contributed by atoms with Crippen molar-refractivity contribution >= 4 is 29.2 Å². The Bertz CT molecular complexity index is 1060. The smallest absolute Gasteiger partial charge is 0.378 e. The topological polar surface area (TPSA) is 106 Å². The van der Waals surface area contributed by atoms with Crippen molar-refractivity contribution in [3.05, 3.63) is 53.4 Å². The molecule has 1 N–H and O–H groups in total. The molecule has 3 amide bonds. The first kappa shape index (κ1) is 18.7. The summed E-state index contributed by atoms with van der Waals surface area (Å²) in [7, 11) is 0. The van der Waals surface area contributed by atoms with Gasteiger partial charge in [0.2, 0.25) is 0 Å². The van der Waals surface area contributed by atoms with Crippen molar-refractivity contribution in [2.45, 2.75) is 0 Å². The van der Waals surface area contributed by atoms with Crippen molar-refractivity contribution in [3.63, 3.8) is 0 Å². The fourth-order valence-electron chi connectivity index (χ4n) is 2.71. The number of imide groups is 1. The van der Waals surface area contributed by atoms with Crippen molar-refractivity contribution in [1.29, 1.82) is 0 Å². The van der Waals surface area contributed by atoms with Crippen molar-refractivity contribution < 1.29 is 23.5 Å². The highest BCUT2D eigenvalue weighted by Crippen LogP contribution is 2.25. The van der Waals surface area contributed by atoms with Crippen LogP contribution in [0.3, 0.4) is 0 Å². The number of halogens is 1. The summed E-state index contributed by atoms with van der Waals surface area (Å²) in [5.41, 5.74) is 0.506. The van der Waals surface area contributed by atoms with Crippen molar-refractivity contribution in [1.82, 2.24) is 25.0 Å². The number of hydrogen-bond acceptors (Lipinski definition) is 7. The number of thiophene rings is 1. The monoisotopic (exact) mass is 415 g/mol. The van der Waals surface area contributed by atoms with Crippen LogP contribution >= 0.6 is 11.3 Å². The van der Waals surface area contributed by atoms with E-state index in [1.807, 2.05) is 11.4 Å². The Kier molecular flexibility index (Phi) is 5.04. The number of ether oxygens (including phenoxy) is 1. The first-order chi connectivity index (χ1) is 14.0. The van der Waals surface area contributed by atoms with E-state index in [-0.39, 0.29) is 12.4 Å². The van der Waals surface area contributed by atoms with Crippen LogP contribution in [0.25, 0.3) is 16.4 Å². The molecule has 1 aliphatic heterocycles. The summed E-state index contributed by atoms with van der Waals surface area (Å²) in [5, 5.41) is 8.50. The predicted octanol–water partition coefficient (Wildman–Crippen LogP) is 1.84. The van der Waals surface area contributed by atoms with Gasteiger partial charge in [0.1, 0.15) is 5.82 Å². The lowest BCUT2D eigenvalue weighted by Gasteiger charge is -2.11. The van der Waals surface area contributed by atoms with Gasteiger partial charge in [-0.25, -0.2) is 18.7 Å². The van der Waals surface area contributed by atoms with Crippen LogP contribution in [0.2, 0.25) is 0 Å². The SMILES string of the molecule is O=C(OCC(=O)N1CCNC1=O)c1nc(-c2cccs2)n(-c2ccc(F)cc2)n1. The summed E-state index contributed by atoms with van der Waals surface area (Å²) in [5.74, 6) is -1.82. The minimum Gasteiger partial charge on any atom is -0.450 e. The highest BCUT2D eigenvalue weighted by Gasteiger charge is 2.28. The highest BCUT2D eigenvalue weighted by molar-refractivity contribution is 7.13. The highest BCUT2D eigenvalue weighted by atomic mass is 32.1. The Morgan fingerprint density at radius 1 is 1.24 bits per heavy atom. The molecule has 9 nitrogen and oxygen atoms in total. The Morgan fingerprint density at radius 2 is 2.03 bits per heavy atom. The van der Waals surface area contributed by atoms with E-state index in [2.05, 4.69) is 15.4 Å². The first-order valence-electron chi connectivity index (χ1n) is 8.55. The summed E-state index contributed by atoms with van der Waals surface area (Å²) in [6.45, 7) is -0.0345. The minimum atomic E-state index is -0.906. The summed E-state index contributed by atoms with van der Waals surface area (Å²) in [6.07, 6.45) is 0. The standard InChI is InChI=1S/C18H14FN5O4S/c19-11-3-5-12(6-4-11)24-16(13-2-1-9-29-13)21-15(22-24)17(26)28-10-14(25)23-8-7-20-18(23)27/h1-6,9H,7-8,10H2,(H,20,27). The van der Waals surface area contributed by atoms with Gasteiger partial charge in [0.25, 0.3) is 11.7 Å². The summed E-state index contributed by atoms with van der Waals surface area (Å²) in [4.78, 5) is 41.8. The van der Waals surface area contributed by atoms with E-state index in [4.69, 9.17) is 4.74 Å². The number of benzene rings is 1. The van der Waals surface area contributed by atoms with Crippen LogP contribution in [0.5, 0.6) is 0 Å². The Hall–Kier alpha value is -3.60. The van der Waals surface area contributed by atoms with Crippen molar-refractivity contribution in [2.24, 2.45) is 0 Å². The maximum absolute atomic E-state index is 13.3. The number of nitrogens with one attached hydrogen (secondary N) is 1. The minimum absolute atomic E-state index is 0.217. The molecule has 0 spiro atoms. The molecule has 2 aromatic heterocycles. The van der Waals surface area contributed by atoms with Crippen molar-refractivity contribution in [3.8, 4) is 16.4 Å². The van der Waals surface area contributed by atoms with E-state index < -0.39 is 30.3 Å². The Labute approximate surface area is 167 Å². The zero-order valence-electron chi connectivity index (χ0n) is 14.9. The van der Waals surface area contributed by atoms with Gasteiger partial charge in [-0.2, -0.15) is 4.98 Å². The molecule has 0 unspecified atom stereocenters. The number of urea groups is 1. The van der Waals surface area contributed by atoms with E-state index in [0.717, 1.165) is 9.78 Å². The van der Waals surface area contributed by atoms with Gasteiger partial charge in [0, 0.05) is 13.1 Å². The molecule has 29 heavy (non-hydrogen) atoms. The molecule has 1 aliphatic rings. The van der Waals surface area contributed by atoms with Crippen LogP contribution in [-0.2, 0) is 9.53 Å². The van der Waals surface area contributed by atoms with Gasteiger partial charge in [0.15, 0.2) is 12.4 Å². The van der Waals surface area contributed by atoms with E-state index >= 15 is 0 Å². The van der Waals surface area contributed by atoms with Crippen LogP contribution in [0, 0.1) is 5.82 Å². The fourth-order valence-corrected chi connectivity index (χ4v) is 3.40. The molecule has 11 heteroatoms. The van der Waals surface area contributed by atoms with Gasteiger partial charge in [0.05, 0.1) is 10.6 Å². The lowest BCUT2D eigenvalue weighted by Crippen LogP contribution is -2.37. The largest absolute Gasteiger partial charge is 0.450 e. The molecule has 1 fully saturated rings. The quantitative estimate of drug-likeness (QED) is 0.638. The molecule has 0 aliphatic carbocycles. The third kappa shape index (κ3) is 3.85. The molecular weight excluding hydrogens is 401 g/mol. The number of esters is 1. The molecule has 148 valence electrons. The second kappa shape index (κ2) is 7.80. The average molecular weight is 415 g/mol. The second-order valence-electron chi connectivity index (χ2n) is 5.98. The number of hydrogen-bond donors (Lipinski definition) is 1.